The van der Waals surface area contributed by atoms with E-state index < -0.39 is 0 Å². The van der Waals surface area contributed by atoms with Crippen molar-refractivity contribution in [1.29, 1.82) is 0 Å². The van der Waals surface area contributed by atoms with Crippen LogP contribution in [0.1, 0.15) is 62.3 Å². The Hall–Kier alpha value is -1.24. The molecule has 0 aromatic heterocycles. The molecule has 0 amide bonds. The van der Waals surface area contributed by atoms with Crippen molar-refractivity contribution in [3.05, 3.63) is 47.2 Å². The second kappa shape index (κ2) is 6.47. The SMILES string of the molecule is C=C(C)/C(C)=C\C(C)=C(/C)C(=C)NC(C)(C)C(C)(C)C. The first-order chi connectivity index (χ1) is 8.79. The Balaban J connectivity index is 5.23. The first kappa shape index (κ1) is 18.8. The molecule has 20 heavy (non-hydrogen) atoms. The van der Waals surface area contributed by atoms with Crippen LogP contribution >= 0.6 is 0 Å². The second-order valence-corrected chi connectivity index (χ2v) is 7.39. The van der Waals surface area contributed by atoms with Crippen LogP contribution in [-0.2, 0) is 0 Å². The van der Waals surface area contributed by atoms with Gasteiger partial charge in [-0.3, -0.25) is 0 Å². The molecule has 114 valence electrons. The number of hydrogen-bond donors (Lipinski definition) is 1. The Kier molecular flexibility index (Phi) is 6.07. The molecular weight excluding hydrogens is 242 g/mol. The highest BCUT2D eigenvalue weighted by Crippen LogP contribution is 2.31. The summed E-state index contributed by atoms with van der Waals surface area (Å²) in [4.78, 5) is 0. The minimum atomic E-state index is -0.0151. The van der Waals surface area contributed by atoms with E-state index in [1.807, 2.05) is 6.92 Å². The van der Waals surface area contributed by atoms with E-state index in [-0.39, 0.29) is 11.0 Å². The summed E-state index contributed by atoms with van der Waals surface area (Å²) in [5.74, 6) is 0. The van der Waals surface area contributed by atoms with Crippen molar-refractivity contribution in [2.24, 2.45) is 5.41 Å². The highest BCUT2D eigenvalue weighted by Gasteiger charge is 2.32. The van der Waals surface area contributed by atoms with E-state index in [9.17, 15) is 0 Å². The summed E-state index contributed by atoms with van der Waals surface area (Å²) in [7, 11) is 0. The molecule has 1 heteroatoms. The summed E-state index contributed by atoms with van der Waals surface area (Å²) in [6.45, 7) is 27.7. The molecule has 0 aliphatic heterocycles. The van der Waals surface area contributed by atoms with Crippen LogP contribution in [0.15, 0.2) is 47.2 Å². The predicted octanol–water partition coefficient (Wildman–Crippen LogP) is 5.77. The zero-order valence-corrected chi connectivity index (χ0v) is 15.0. The average Bonchev–Trinajstić information content (AvgIpc) is 2.25. The topological polar surface area (TPSA) is 12.0 Å². The van der Waals surface area contributed by atoms with Crippen molar-refractivity contribution < 1.29 is 0 Å². The maximum Gasteiger partial charge on any atom is 0.0365 e. The van der Waals surface area contributed by atoms with Gasteiger partial charge in [0.25, 0.3) is 0 Å². The highest BCUT2D eigenvalue weighted by molar-refractivity contribution is 5.40. The van der Waals surface area contributed by atoms with Crippen LogP contribution in [0.3, 0.4) is 0 Å². The van der Waals surface area contributed by atoms with E-state index in [0.717, 1.165) is 11.3 Å². The lowest BCUT2D eigenvalue weighted by molar-refractivity contribution is 0.193. The lowest BCUT2D eigenvalue weighted by Gasteiger charge is -2.41. The predicted molar refractivity (Wildman–Crippen MR) is 92.8 cm³/mol. The average molecular weight is 275 g/mol. The van der Waals surface area contributed by atoms with Gasteiger partial charge in [-0.15, -0.1) is 0 Å². The maximum absolute atomic E-state index is 4.21. The van der Waals surface area contributed by atoms with E-state index in [1.54, 1.807) is 0 Å². The van der Waals surface area contributed by atoms with Crippen LogP contribution in [0.2, 0.25) is 0 Å². The fourth-order valence-corrected chi connectivity index (χ4v) is 1.45. The van der Waals surface area contributed by atoms with Crippen LogP contribution in [0.4, 0.5) is 0 Å². The summed E-state index contributed by atoms with van der Waals surface area (Å²) in [5, 5.41) is 3.58. The van der Waals surface area contributed by atoms with E-state index in [4.69, 9.17) is 0 Å². The number of allylic oxidation sites excluding steroid dienone is 5. The molecule has 1 N–H and O–H groups in total. The Bertz CT molecular complexity index is 451. The van der Waals surface area contributed by atoms with Crippen molar-refractivity contribution >= 4 is 0 Å². The molecule has 0 saturated carbocycles. The van der Waals surface area contributed by atoms with Gasteiger partial charge < -0.3 is 5.32 Å². The van der Waals surface area contributed by atoms with Gasteiger partial charge in [0.2, 0.25) is 0 Å². The molecule has 0 aliphatic rings. The van der Waals surface area contributed by atoms with E-state index >= 15 is 0 Å². The van der Waals surface area contributed by atoms with E-state index in [1.165, 1.54) is 16.7 Å². The molecule has 0 rings (SSSR count). The van der Waals surface area contributed by atoms with Crippen molar-refractivity contribution in [3.8, 4) is 0 Å². The lowest BCUT2D eigenvalue weighted by Crippen LogP contribution is -2.49. The van der Waals surface area contributed by atoms with Gasteiger partial charge in [-0.1, -0.05) is 45.6 Å². The van der Waals surface area contributed by atoms with E-state index in [2.05, 4.69) is 79.9 Å². The summed E-state index contributed by atoms with van der Waals surface area (Å²) >= 11 is 0. The summed E-state index contributed by atoms with van der Waals surface area (Å²) in [6, 6.07) is 0. The fourth-order valence-electron chi connectivity index (χ4n) is 1.45. The Morgan fingerprint density at radius 2 is 1.35 bits per heavy atom. The minimum absolute atomic E-state index is 0.0151. The van der Waals surface area contributed by atoms with E-state index in [0.29, 0.717) is 0 Å². The molecule has 0 saturated heterocycles. The third-order valence-electron chi connectivity index (χ3n) is 4.49. The third kappa shape index (κ3) is 5.03. The molecule has 0 heterocycles. The van der Waals surface area contributed by atoms with Crippen LogP contribution < -0.4 is 5.32 Å². The molecule has 0 radical (unpaired) electrons. The van der Waals surface area contributed by atoms with Gasteiger partial charge >= 0.3 is 0 Å². The standard InChI is InChI=1S/C19H33N/c1-13(2)14(3)12-15(4)16(5)17(6)20-19(10,11)18(7,8)9/h12,20H,1,6H2,2-5,7-11H3/b14-12-,16-15+. The Morgan fingerprint density at radius 1 is 0.900 bits per heavy atom. The smallest absolute Gasteiger partial charge is 0.0365 e. The zero-order valence-electron chi connectivity index (χ0n) is 15.0. The van der Waals surface area contributed by atoms with Gasteiger partial charge in [0.05, 0.1) is 0 Å². The number of hydrogen-bond acceptors (Lipinski definition) is 1. The molecule has 0 atom stereocenters. The molecule has 0 aliphatic carbocycles. The molecule has 0 aromatic rings. The normalized spacial score (nSPS) is 14.8. The van der Waals surface area contributed by atoms with Crippen LogP contribution in [0.25, 0.3) is 0 Å². The summed E-state index contributed by atoms with van der Waals surface area (Å²) < 4.78 is 0. The van der Waals surface area contributed by atoms with Crippen molar-refractivity contribution in [3.63, 3.8) is 0 Å². The molecule has 0 bridgehead atoms. The number of rotatable bonds is 5. The Morgan fingerprint density at radius 3 is 1.70 bits per heavy atom. The van der Waals surface area contributed by atoms with Gasteiger partial charge in [-0.25, -0.2) is 0 Å². The quantitative estimate of drug-likeness (QED) is 0.628. The first-order valence-electron chi connectivity index (χ1n) is 7.28. The molecule has 0 fully saturated rings. The van der Waals surface area contributed by atoms with Crippen LogP contribution in [-0.4, -0.2) is 5.54 Å². The van der Waals surface area contributed by atoms with Crippen molar-refractivity contribution in [2.75, 3.05) is 0 Å². The third-order valence-corrected chi connectivity index (χ3v) is 4.49. The lowest BCUT2D eigenvalue weighted by atomic mass is 9.76. The maximum atomic E-state index is 4.21. The fraction of sp³-hybridized carbons (Fsp3) is 0.579. The number of nitrogens with one attached hydrogen (secondary N) is 1. The zero-order chi connectivity index (χ0) is 16.3. The van der Waals surface area contributed by atoms with Gasteiger partial charge in [-0.2, -0.15) is 0 Å². The van der Waals surface area contributed by atoms with Crippen LogP contribution in [0, 0.1) is 5.41 Å². The molecular formula is C19H33N. The van der Waals surface area contributed by atoms with Crippen LogP contribution in [0.5, 0.6) is 0 Å². The Labute approximate surface area is 126 Å². The van der Waals surface area contributed by atoms with Gasteiger partial charge in [-0.05, 0) is 63.7 Å². The summed E-state index contributed by atoms with van der Waals surface area (Å²) in [5.41, 5.74) is 5.88. The van der Waals surface area contributed by atoms with Gasteiger partial charge in [0.15, 0.2) is 0 Å². The van der Waals surface area contributed by atoms with Crippen molar-refractivity contribution in [1.82, 2.24) is 5.32 Å². The molecule has 0 aromatic carbocycles. The van der Waals surface area contributed by atoms with Gasteiger partial charge in [0, 0.05) is 11.2 Å². The summed E-state index contributed by atoms with van der Waals surface area (Å²) in [6.07, 6.45) is 2.18. The molecule has 0 spiro atoms. The second-order valence-electron chi connectivity index (χ2n) is 7.39. The highest BCUT2D eigenvalue weighted by atomic mass is 15.0. The minimum Gasteiger partial charge on any atom is -0.380 e. The van der Waals surface area contributed by atoms with Gasteiger partial charge in [0.1, 0.15) is 0 Å². The largest absolute Gasteiger partial charge is 0.380 e. The molecule has 0 unspecified atom stereocenters. The monoisotopic (exact) mass is 275 g/mol. The first-order valence-corrected chi connectivity index (χ1v) is 7.28. The van der Waals surface area contributed by atoms with Crippen molar-refractivity contribution in [2.45, 2.75) is 67.9 Å². The molecule has 1 nitrogen and oxygen atoms in total.